The van der Waals surface area contributed by atoms with E-state index in [9.17, 15) is 9.59 Å². The van der Waals surface area contributed by atoms with Gasteiger partial charge < -0.3 is 10.6 Å². The smallest absolute Gasteiger partial charge is 0.233 e. The molecule has 1 aromatic rings. The highest BCUT2D eigenvalue weighted by Gasteiger charge is 2.58. The van der Waals surface area contributed by atoms with E-state index in [1.54, 1.807) is 11.8 Å². The standard InChI is InChI=1S/C22H28N4O2S/c1-2-23-22(25-11-13-29-17-6-4-3-5-7-17)24-10-12-26-20(27)18-15-8-9-16(14-15)19(18)21(26)28/h3-9,15-16,18-19H,2,10-14H2,1H3,(H2,23,24,25). The first-order chi connectivity index (χ1) is 14.2. The minimum Gasteiger partial charge on any atom is -0.357 e. The average molecular weight is 413 g/mol. The van der Waals surface area contributed by atoms with E-state index in [1.807, 2.05) is 25.1 Å². The molecule has 154 valence electrons. The van der Waals surface area contributed by atoms with Crippen molar-refractivity contribution >= 4 is 29.5 Å². The van der Waals surface area contributed by atoms with Crippen molar-refractivity contribution < 1.29 is 9.59 Å². The predicted octanol–water partition coefficient (Wildman–Crippen LogP) is 2.14. The first-order valence-electron chi connectivity index (χ1n) is 10.4. The fourth-order valence-electron chi connectivity index (χ4n) is 4.64. The Morgan fingerprint density at radius 2 is 1.79 bits per heavy atom. The van der Waals surface area contributed by atoms with E-state index in [0.29, 0.717) is 13.1 Å². The number of allylic oxidation sites excluding steroid dienone is 2. The fourth-order valence-corrected chi connectivity index (χ4v) is 5.43. The normalized spacial score (nSPS) is 27.6. The molecule has 2 amide bonds. The molecule has 2 bridgehead atoms. The molecule has 1 saturated carbocycles. The molecule has 0 radical (unpaired) electrons. The van der Waals surface area contributed by atoms with Gasteiger partial charge in [0.1, 0.15) is 0 Å². The molecular formula is C22H28N4O2S. The highest BCUT2D eigenvalue weighted by Crippen LogP contribution is 2.52. The lowest BCUT2D eigenvalue weighted by molar-refractivity contribution is -0.140. The van der Waals surface area contributed by atoms with Gasteiger partial charge in [-0.2, -0.15) is 0 Å². The molecule has 1 aromatic carbocycles. The van der Waals surface area contributed by atoms with Crippen molar-refractivity contribution in [3.05, 3.63) is 42.5 Å². The van der Waals surface area contributed by atoms with Gasteiger partial charge in [-0.1, -0.05) is 30.4 Å². The molecule has 2 fully saturated rings. The van der Waals surface area contributed by atoms with Crippen LogP contribution >= 0.6 is 11.8 Å². The van der Waals surface area contributed by atoms with Gasteiger partial charge in [0, 0.05) is 30.3 Å². The zero-order valence-electron chi connectivity index (χ0n) is 16.7. The second-order valence-corrected chi connectivity index (χ2v) is 8.85. The molecule has 2 aliphatic carbocycles. The summed E-state index contributed by atoms with van der Waals surface area (Å²) in [5, 5.41) is 6.55. The summed E-state index contributed by atoms with van der Waals surface area (Å²) in [6.07, 6.45) is 5.22. The number of thioether (sulfide) groups is 1. The highest BCUT2D eigenvalue weighted by atomic mass is 32.2. The van der Waals surface area contributed by atoms with Crippen LogP contribution in [-0.2, 0) is 9.59 Å². The number of rotatable bonds is 8. The third-order valence-corrected chi connectivity index (χ3v) is 6.92. The number of fused-ring (bicyclic) bond motifs is 5. The van der Waals surface area contributed by atoms with E-state index in [0.717, 1.165) is 31.2 Å². The largest absolute Gasteiger partial charge is 0.357 e. The van der Waals surface area contributed by atoms with Gasteiger partial charge in [0.2, 0.25) is 11.8 Å². The number of guanidine groups is 1. The van der Waals surface area contributed by atoms with Crippen LogP contribution in [0.15, 0.2) is 52.4 Å². The summed E-state index contributed by atoms with van der Waals surface area (Å²) in [4.78, 5) is 32.7. The predicted molar refractivity (Wildman–Crippen MR) is 116 cm³/mol. The number of nitrogens with zero attached hydrogens (tertiary/aromatic N) is 2. The van der Waals surface area contributed by atoms with E-state index in [4.69, 9.17) is 0 Å². The zero-order valence-corrected chi connectivity index (χ0v) is 17.5. The highest BCUT2D eigenvalue weighted by molar-refractivity contribution is 7.99. The molecule has 6 nitrogen and oxygen atoms in total. The lowest BCUT2D eigenvalue weighted by atomic mass is 9.85. The van der Waals surface area contributed by atoms with Crippen LogP contribution in [-0.4, -0.2) is 54.6 Å². The quantitative estimate of drug-likeness (QED) is 0.171. The number of aliphatic imine (C=N–C) groups is 1. The van der Waals surface area contributed by atoms with E-state index < -0.39 is 0 Å². The van der Waals surface area contributed by atoms with Crippen LogP contribution in [0.3, 0.4) is 0 Å². The first-order valence-corrected chi connectivity index (χ1v) is 11.4. The summed E-state index contributed by atoms with van der Waals surface area (Å²) in [5.74, 6) is 1.94. The molecular weight excluding hydrogens is 384 g/mol. The Hall–Kier alpha value is -2.28. The molecule has 29 heavy (non-hydrogen) atoms. The average Bonchev–Trinajstić information content (AvgIpc) is 3.41. The topological polar surface area (TPSA) is 73.8 Å². The molecule has 4 unspecified atom stereocenters. The minimum atomic E-state index is -0.122. The van der Waals surface area contributed by atoms with E-state index in [-0.39, 0.29) is 35.5 Å². The lowest BCUT2D eigenvalue weighted by Crippen LogP contribution is -2.40. The summed E-state index contributed by atoms with van der Waals surface area (Å²) in [7, 11) is 0. The van der Waals surface area contributed by atoms with Crippen molar-refractivity contribution in [3.8, 4) is 0 Å². The van der Waals surface area contributed by atoms with E-state index >= 15 is 0 Å². The number of amides is 2. The van der Waals surface area contributed by atoms with Crippen LogP contribution in [0.4, 0.5) is 0 Å². The number of carbonyl (C=O) groups is 2. The first kappa shape index (κ1) is 20.0. The second-order valence-electron chi connectivity index (χ2n) is 7.68. The van der Waals surface area contributed by atoms with Gasteiger partial charge in [0.25, 0.3) is 0 Å². The number of imide groups is 1. The van der Waals surface area contributed by atoms with Crippen LogP contribution in [0, 0.1) is 23.7 Å². The molecule has 1 aliphatic heterocycles. The SMILES string of the molecule is CCNC(=NCCN1C(=O)C2C3C=CC(C3)C2C1=O)NCCSc1ccccc1. The molecule has 4 rings (SSSR count). The Bertz CT molecular complexity index is 780. The van der Waals surface area contributed by atoms with Gasteiger partial charge >= 0.3 is 0 Å². The fraction of sp³-hybridized carbons (Fsp3) is 0.500. The Balaban J connectivity index is 1.25. The van der Waals surface area contributed by atoms with Crippen molar-refractivity contribution in [2.24, 2.45) is 28.7 Å². The van der Waals surface area contributed by atoms with Gasteiger partial charge in [-0.15, -0.1) is 11.8 Å². The third kappa shape index (κ3) is 4.20. The van der Waals surface area contributed by atoms with E-state index in [2.05, 4.69) is 39.9 Å². The van der Waals surface area contributed by atoms with Crippen molar-refractivity contribution in [2.75, 3.05) is 31.9 Å². The van der Waals surface area contributed by atoms with Crippen LogP contribution in [0.2, 0.25) is 0 Å². The van der Waals surface area contributed by atoms with Crippen molar-refractivity contribution in [2.45, 2.75) is 18.2 Å². The van der Waals surface area contributed by atoms with Gasteiger partial charge in [-0.25, -0.2) is 0 Å². The maximum atomic E-state index is 12.7. The summed E-state index contributed by atoms with van der Waals surface area (Å²) < 4.78 is 0. The molecule has 2 N–H and O–H groups in total. The summed E-state index contributed by atoms with van der Waals surface area (Å²) in [6, 6.07) is 10.3. The number of hydrogen-bond donors (Lipinski definition) is 2. The molecule has 0 spiro atoms. The number of carbonyl (C=O) groups excluding carboxylic acids is 2. The number of benzene rings is 1. The molecule has 7 heteroatoms. The Kier molecular flexibility index (Phi) is 6.23. The molecule has 0 aromatic heterocycles. The molecule has 4 atom stereocenters. The Morgan fingerprint density at radius 1 is 1.10 bits per heavy atom. The van der Waals surface area contributed by atoms with Gasteiger partial charge in [0.05, 0.1) is 18.4 Å². The number of likely N-dealkylation sites (tertiary alicyclic amines) is 1. The van der Waals surface area contributed by atoms with Gasteiger partial charge in [-0.3, -0.25) is 19.5 Å². The monoisotopic (exact) mass is 412 g/mol. The number of nitrogens with one attached hydrogen (secondary N) is 2. The Morgan fingerprint density at radius 3 is 2.45 bits per heavy atom. The zero-order chi connectivity index (χ0) is 20.2. The van der Waals surface area contributed by atoms with Gasteiger partial charge in [-0.05, 0) is 37.3 Å². The maximum Gasteiger partial charge on any atom is 0.233 e. The van der Waals surface area contributed by atoms with Crippen molar-refractivity contribution in [1.29, 1.82) is 0 Å². The van der Waals surface area contributed by atoms with E-state index in [1.165, 1.54) is 9.80 Å². The molecule has 1 heterocycles. The van der Waals surface area contributed by atoms with Crippen molar-refractivity contribution in [3.63, 3.8) is 0 Å². The lowest BCUT2D eigenvalue weighted by Gasteiger charge is -2.17. The molecule has 1 saturated heterocycles. The molecule has 3 aliphatic rings. The Labute approximate surface area is 176 Å². The summed E-state index contributed by atoms with van der Waals surface area (Å²) in [5.41, 5.74) is 0. The second kappa shape index (κ2) is 9.03. The van der Waals surface area contributed by atoms with Crippen molar-refractivity contribution in [1.82, 2.24) is 15.5 Å². The maximum absolute atomic E-state index is 12.7. The van der Waals surface area contributed by atoms with Crippen LogP contribution in [0.25, 0.3) is 0 Å². The van der Waals surface area contributed by atoms with Crippen LogP contribution in [0.1, 0.15) is 13.3 Å². The van der Waals surface area contributed by atoms with Gasteiger partial charge in [0.15, 0.2) is 5.96 Å². The number of hydrogen-bond acceptors (Lipinski definition) is 4. The summed E-state index contributed by atoms with van der Waals surface area (Å²) >= 11 is 1.79. The van der Waals surface area contributed by atoms with Crippen LogP contribution < -0.4 is 10.6 Å². The van der Waals surface area contributed by atoms with Crippen LogP contribution in [0.5, 0.6) is 0 Å². The minimum absolute atomic E-state index is 0.00395. The summed E-state index contributed by atoms with van der Waals surface area (Å²) in [6.45, 7) is 4.35. The third-order valence-electron chi connectivity index (χ3n) is 5.91.